The quantitative estimate of drug-likeness (QED) is 0.790. The van der Waals surface area contributed by atoms with Crippen molar-refractivity contribution < 1.29 is 14.6 Å². The number of fused-ring (bicyclic) bond motifs is 1. The lowest BCUT2D eigenvalue weighted by Gasteiger charge is -2.34. The number of carbonyl (C=O) groups excluding carboxylic acids is 1. The summed E-state index contributed by atoms with van der Waals surface area (Å²) in [7, 11) is 1.00. The minimum Gasteiger partial charge on any atom is -0.400 e. The van der Waals surface area contributed by atoms with Crippen molar-refractivity contribution in [1.82, 2.24) is 14.6 Å². The first-order valence-corrected chi connectivity index (χ1v) is 10.3. The van der Waals surface area contributed by atoms with Crippen LogP contribution in [0.5, 0.6) is 0 Å². The van der Waals surface area contributed by atoms with Crippen molar-refractivity contribution in [2.45, 2.75) is 38.6 Å². The molecule has 1 atom stereocenters. The molecule has 28 heavy (non-hydrogen) atoms. The van der Waals surface area contributed by atoms with E-state index in [1.807, 2.05) is 6.07 Å². The van der Waals surface area contributed by atoms with E-state index >= 15 is 0 Å². The molecule has 2 aromatic heterocycles. The summed E-state index contributed by atoms with van der Waals surface area (Å²) in [5.74, 6) is 0.614. The van der Waals surface area contributed by atoms with E-state index in [1.165, 1.54) is 24.1 Å². The van der Waals surface area contributed by atoms with Gasteiger partial charge in [-0.1, -0.05) is 0 Å². The molecule has 0 spiro atoms. The standard InChI is InChI=1S/C21H29N3O2.CH4O/c1-15-19(14-25)12-20-11-18(17-3-5-22-6-4-17)13-24(20)21(15)16(2)23-7-9-26-10-8-23;1-2/h11-14,16-17,22H,3-10H2,1-2H3;2H,1H3. The molecule has 6 heteroatoms. The van der Waals surface area contributed by atoms with E-state index in [9.17, 15) is 4.79 Å². The minimum absolute atomic E-state index is 0.259. The Morgan fingerprint density at radius 3 is 2.54 bits per heavy atom. The Labute approximate surface area is 167 Å². The maximum atomic E-state index is 11.7. The van der Waals surface area contributed by atoms with Crippen LogP contribution in [0.1, 0.15) is 58.9 Å². The molecule has 2 aromatic rings. The molecule has 2 fully saturated rings. The Hall–Kier alpha value is -1.73. The van der Waals surface area contributed by atoms with Crippen LogP contribution in [-0.2, 0) is 4.74 Å². The number of pyridine rings is 1. The summed E-state index contributed by atoms with van der Waals surface area (Å²) in [6, 6.07) is 4.59. The van der Waals surface area contributed by atoms with Gasteiger partial charge in [-0.15, -0.1) is 0 Å². The summed E-state index contributed by atoms with van der Waals surface area (Å²) in [4.78, 5) is 14.1. The van der Waals surface area contributed by atoms with E-state index < -0.39 is 0 Å². The lowest BCUT2D eigenvalue weighted by Crippen LogP contribution is -2.38. The van der Waals surface area contributed by atoms with Crippen molar-refractivity contribution in [3.63, 3.8) is 0 Å². The van der Waals surface area contributed by atoms with Crippen LogP contribution in [0.4, 0.5) is 0 Å². The maximum Gasteiger partial charge on any atom is 0.150 e. The third-order valence-corrected chi connectivity index (χ3v) is 6.18. The lowest BCUT2D eigenvalue weighted by atomic mass is 9.92. The summed E-state index contributed by atoms with van der Waals surface area (Å²) < 4.78 is 7.85. The molecule has 154 valence electrons. The van der Waals surface area contributed by atoms with Crippen LogP contribution in [0, 0.1) is 6.92 Å². The number of piperidine rings is 1. The highest BCUT2D eigenvalue weighted by molar-refractivity contribution is 5.81. The van der Waals surface area contributed by atoms with Crippen LogP contribution in [0.25, 0.3) is 5.52 Å². The Kier molecular flexibility index (Phi) is 7.24. The van der Waals surface area contributed by atoms with Crippen LogP contribution < -0.4 is 5.32 Å². The van der Waals surface area contributed by atoms with Gasteiger partial charge in [0, 0.05) is 49.2 Å². The van der Waals surface area contributed by atoms with Crippen molar-refractivity contribution >= 4 is 11.8 Å². The molecular weight excluding hydrogens is 354 g/mol. The van der Waals surface area contributed by atoms with Crippen molar-refractivity contribution in [2.24, 2.45) is 0 Å². The molecule has 0 bridgehead atoms. The Morgan fingerprint density at radius 2 is 1.89 bits per heavy atom. The molecule has 2 aliphatic rings. The fourth-order valence-corrected chi connectivity index (χ4v) is 4.57. The predicted octanol–water partition coefficient (Wildman–Crippen LogP) is 2.53. The minimum atomic E-state index is 0.259. The van der Waals surface area contributed by atoms with Crippen molar-refractivity contribution in [3.8, 4) is 0 Å². The molecule has 4 heterocycles. The van der Waals surface area contributed by atoms with E-state index in [1.54, 1.807) is 0 Å². The van der Waals surface area contributed by atoms with E-state index in [2.05, 4.69) is 40.7 Å². The number of carbonyl (C=O) groups is 1. The Morgan fingerprint density at radius 1 is 1.21 bits per heavy atom. The average Bonchev–Trinajstić information content (AvgIpc) is 3.19. The van der Waals surface area contributed by atoms with Crippen LogP contribution in [0.15, 0.2) is 18.3 Å². The van der Waals surface area contributed by atoms with Gasteiger partial charge in [-0.05, 0) is 69.0 Å². The zero-order valence-corrected chi connectivity index (χ0v) is 17.3. The number of morpholine rings is 1. The Bertz CT molecular complexity index is 790. The van der Waals surface area contributed by atoms with Crippen molar-refractivity contribution in [1.29, 1.82) is 0 Å². The maximum absolute atomic E-state index is 11.7. The van der Waals surface area contributed by atoms with Gasteiger partial charge in [0.15, 0.2) is 0 Å². The van der Waals surface area contributed by atoms with Gasteiger partial charge in [-0.3, -0.25) is 9.69 Å². The third kappa shape index (κ3) is 4.15. The molecule has 1 unspecified atom stereocenters. The zero-order chi connectivity index (χ0) is 20.1. The normalized spacial score (nSPS) is 19.9. The molecule has 0 amide bonds. The van der Waals surface area contributed by atoms with Gasteiger partial charge < -0.3 is 19.6 Å². The Balaban J connectivity index is 0.00000109. The van der Waals surface area contributed by atoms with Gasteiger partial charge in [0.05, 0.1) is 13.2 Å². The molecular formula is C22H33N3O3. The van der Waals surface area contributed by atoms with Crippen molar-refractivity contribution in [3.05, 3.63) is 40.7 Å². The molecule has 0 aliphatic carbocycles. The smallest absolute Gasteiger partial charge is 0.150 e. The summed E-state index contributed by atoms with van der Waals surface area (Å²) >= 11 is 0. The van der Waals surface area contributed by atoms with Crippen LogP contribution in [0.3, 0.4) is 0 Å². The molecule has 0 radical (unpaired) electrons. The molecule has 2 aliphatic heterocycles. The molecule has 0 saturated carbocycles. The van der Waals surface area contributed by atoms with Crippen LogP contribution in [-0.4, -0.2) is 67.2 Å². The molecule has 0 aromatic carbocycles. The van der Waals surface area contributed by atoms with E-state index in [4.69, 9.17) is 9.84 Å². The number of hydrogen-bond acceptors (Lipinski definition) is 5. The number of aldehydes is 1. The summed E-state index contributed by atoms with van der Waals surface area (Å²) in [6.45, 7) is 9.97. The molecule has 2 N–H and O–H groups in total. The van der Waals surface area contributed by atoms with Gasteiger partial charge in [0.25, 0.3) is 0 Å². The first-order chi connectivity index (χ1) is 13.7. The van der Waals surface area contributed by atoms with E-state index in [0.29, 0.717) is 5.92 Å². The second-order valence-electron chi connectivity index (χ2n) is 7.64. The first kappa shape index (κ1) is 21.0. The highest BCUT2D eigenvalue weighted by Gasteiger charge is 2.25. The molecule has 4 rings (SSSR count). The van der Waals surface area contributed by atoms with E-state index in [0.717, 1.165) is 69.4 Å². The number of hydrogen-bond donors (Lipinski definition) is 2. The van der Waals surface area contributed by atoms with Gasteiger partial charge in [0.2, 0.25) is 0 Å². The number of ether oxygens (including phenoxy) is 1. The monoisotopic (exact) mass is 387 g/mol. The van der Waals surface area contributed by atoms with Gasteiger partial charge in [-0.25, -0.2) is 0 Å². The third-order valence-electron chi connectivity index (χ3n) is 6.18. The van der Waals surface area contributed by atoms with Gasteiger partial charge >= 0.3 is 0 Å². The number of aromatic nitrogens is 1. The zero-order valence-electron chi connectivity index (χ0n) is 17.3. The number of nitrogens with one attached hydrogen (secondary N) is 1. The highest BCUT2D eigenvalue weighted by atomic mass is 16.5. The largest absolute Gasteiger partial charge is 0.400 e. The number of nitrogens with zero attached hydrogens (tertiary/aromatic N) is 2. The fraction of sp³-hybridized carbons (Fsp3) is 0.591. The van der Waals surface area contributed by atoms with E-state index in [-0.39, 0.29) is 6.04 Å². The topological polar surface area (TPSA) is 66.2 Å². The average molecular weight is 388 g/mol. The first-order valence-electron chi connectivity index (χ1n) is 10.3. The summed E-state index contributed by atoms with van der Waals surface area (Å²) in [5.41, 5.74) is 5.69. The number of rotatable bonds is 4. The molecule has 6 nitrogen and oxygen atoms in total. The number of aliphatic hydroxyl groups excluding tert-OH is 1. The molecule has 2 saturated heterocycles. The van der Waals surface area contributed by atoms with Crippen molar-refractivity contribution in [2.75, 3.05) is 46.5 Å². The predicted molar refractivity (Wildman–Crippen MR) is 111 cm³/mol. The number of aliphatic hydroxyl groups is 1. The SMILES string of the molecule is CO.Cc1c(C=O)cc2cc(C3CCNCC3)cn2c1C(C)N1CCOCC1. The van der Waals surface area contributed by atoms with Crippen LogP contribution >= 0.6 is 0 Å². The van der Waals surface area contributed by atoms with Gasteiger partial charge in [-0.2, -0.15) is 0 Å². The summed E-state index contributed by atoms with van der Waals surface area (Å²) in [6.07, 6.45) is 5.69. The van der Waals surface area contributed by atoms with Crippen LogP contribution in [0.2, 0.25) is 0 Å². The lowest BCUT2D eigenvalue weighted by molar-refractivity contribution is 0.0187. The fourth-order valence-electron chi connectivity index (χ4n) is 4.57. The summed E-state index contributed by atoms with van der Waals surface area (Å²) in [5, 5.41) is 10.4. The van der Waals surface area contributed by atoms with Gasteiger partial charge in [0.1, 0.15) is 6.29 Å². The second kappa shape index (κ2) is 9.65. The highest BCUT2D eigenvalue weighted by Crippen LogP contribution is 2.32. The second-order valence-corrected chi connectivity index (χ2v) is 7.64.